The number of hydrogen-bond donors (Lipinski definition) is 2. The third-order valence-corrected chi connectivity index (χ3v) is 4.84. The normalized spacial score (nSPS) is 16.3. The van der Waals surface area contributed by atoms with Crippen molar-refractivity contribution in [2.45, 2.75) is 18.9 Å². The van der Waals surface area contributed by atoms with E-state index in [-0.39, 0.29) is 18.6 Å². The Morgan fingerprint density at radius 3 is 2.62 bits per heavy atom. The van der Waals surface area contributed by atoms with Crippen molar-refractivity contribution < 1.29 is 23.9 Å². The third-order valence-electron chi connectivity index (χ3n) is 4.84. The highest BCUT2D eigenvalue weighted by Crippen LogP contribution is 2.30. The van der Waals surface area contributed by atoms with E-state index in [1.165, 1.54) is 4.90 Å². The van der Waals surface area contributed by atoms with Crippen LogP contribution < -0.4 is 20.1 Å². The lowest BCUT2D eigenvalue weighted by atomic mass is 10.1. The zero-order valence-electron chi connectivity index (χ0n) is 15.7. The van der Waals surface area contributed by atoms with Crippen molar-refractivity contribution >= 4 is 29.1 Å². The summed E-state index contributed by atoms with van der Waals surface area (Å²) < 4.78 is 11.2. The minimum absolute atomic E-state index is 0.0255. The van der Waals surface area contributed by atoms with Gasteiger partial charge in [0.25, 0.3) is 5.91 Å². The summed E-state index contributed by atoms with van der Waals surface area (Å²) in [5.74, 6) is -0.249. The molecule has 0 unspecified atom stereocenters. The molecule has 2 aromatic carbocycles. The lowest BCUT2D eigenvalue weighted by molar-refractivity contribution is -0.144. The van der Waals surface area contributed by atoms with Crippen LogP contribution in [0.4, 0.5) is 11.4 Å². The van der Waals surface area contributed by atoms with E-state index in [9.17, 15) is 14.4 Å². The van der Waals surface area contributed by atoms with Crippen molar-refractivity contribution in [2.75, 3.05) is 30.3 Å². The van der Waals surface area contributed by atoms with Crippen LogP contribution in [-0.4, -0.2) is 48.4 Å². The summed E-state index contributed by atoms with van der Waals surface area (Å²) in [6, 6.07) is 14.4. The van der Waals surface area contributed by atoms with E-state index >= 15 is 0 Å². The van der Waals surface area contributed by atoms with Gasteiger partial charge in [-0.05, 0) is 24.3 Å². The summed E-state index contributed by atoms with van der Waals surface area (Å²) >= 11 is 0. The molecule has 2 aliphatic rings. The molecule has 0 saturated carbocycles. The number of piperidine rings is 1. The number of likely N-dealkylation sites (tertiary alicyclic amines) is 1. The third kappa shape index (κ3) is 4.48. The van der Waals surface area contributed by atoms with Gasteiger partial charge in [0.05, 0.1) is 5.69 Å². The number of benzene rings is 2. The van der Waals surface area contributed by atoms with Crippen LogP contribution in [0, 0.1) is 0 Å². The maximum atomic E-state index is 12.5. The standard InChI is InChI=1S/C21H21N3O5/c25-19-13-28-18-12-14(6-7-17(18)23-19)22-20(26)21(27)24-10-8-16(9-11-24)29-15-4-2-1-3-5-15/h1-7,12,16H,8-11,13H2,(H,22,26)(H,23,25). The van der Waals surface area contributed by atoms with Crippen LogP contribution in [0.3, 0.4) is 0 Å². The van der Waals surface area contributed by atoms with Gasteiger partial charge in [-0.25, -0.2) is 0 Å². The van der Waals surface area contributed by atoms with Crippen LogP contribution in [0.1, 0.15) is 12.8 Å². The smallest absolute Gasteiger partial charge is 0.313 e. The van der Waals surface area contributed by atoms with Crippen LogP contribution in [0.5, 0.6) is 11.5 Å². The van der Waals surface area contributed by atoms with E-state index in [4.69, 9.17) is 9.47 Å². The fraction of sp³-hybridized carbons (Fsp3) is 0.286. The van der Waals surface area contributed by atoms with Crippen LogP contribution in [0.25, 0.3) is 0 Å². The SMILES string of the molecule is O=C1COc2cc(NC(=O)C(=O)N3CCC(Oc4ccccc4)CC3)ccc2N1. The molecule has 29 heavy (non-hydrogen) atoms. The minimum atomic E-state index is -0.702. The summed E-state index contributed by atoms with van der Waals surface area (Å²) in [7, 11) is 0. The molecule has 1 saturated heterocycles. The lowest BCUT2D eigenvalue weighted by Crippen LogP contribution is -2.46. The van der Waals surface area contributed by atoms with Gasteiger partial charge in [0.2, 0.25) is 0 Å². The van der Waals surface area contributed by atoms with Gasteiger partial charge in [-0.15, -0.1) is 0 Å². The Bertz CT molecular complexity index is 923. The number of anilines is 2. The number of hydrogen-bond acceptors (Lipinski definition) is 5. The molecular formula is C21H21N3O5. The highest BCUT2D eigenvalue weighted by molar-refractivity contribution is 6.39. The second kappa shape index (κ2) is 8.22. The molecule has 0 radical (unpaired) electrons. The number of amides is 3. The number of carbonyl (C=O) groups excluding carboxylic acids is 3. The van der Waals surface area contributed by atoms with Gasteiger partial charge in [0, 0.05) is 37.7 Å². The van der Waals surface area contributed by atoms with E-state index in [0.29, 0.717) is 43.1 Å². The monoisotopic (exact) mass is 395 g/mol. The molecule has 3 amide bonds. The molecule has 8 nitrogen and oxygen atoms in total. The van der Waals surface area contributed by atoms with Crippen LogP contribution in [0.15, 0.2) is 48.5 Å². The van der Waals surface area contributed by atoms with Crippen LogP contribution in [-0.2, 0) is 14.4 Å². The molecule has 2 N–H and O–H groups in total. The molecule has 0 aliphatic carbocycles. The van der Waals surface area contributed by atoms with Gasteiger partial charge in [-0.2, -0.15) is 0 Å². The molecule has 150 valence electrons. The molecule has 2 aliphatic heterocycles. The number of fused-ring (bicyclic) bond motifs is 1. The molecule has 0 atom stereocenters. The Kier molecular flexibility index (Phi) is 5.33. The quantitative estimate of drug-likeness (QED) is 0.775. The fourth-order valence-electron chi connectivity index (χ4n) is 3.35. The molecular weight excluding hydrogens is 374 g/mol. The zero-order valence-corrected chi connectivity index (χ0v) is 15.7. The van der Waals surface area contributed by atoms with Crippen LogP contribution >= 0.6 is 0 Å². The Labute approximate surface area is 167 Å². The summed E-state index contributed by atoms with van der Waals surface area (Å²) in [5.41, 5.74) is 0.964. The average molecular weight is 395 g/mol. The first-order valence-electron chi connectivity index (χ1n) is 9.47. The molecule has 2 heterocycles. The summed E-state index contributed by atoms with van der Waals surface area (Å²) in [6.45, 7) is 0.843. The first-order chi connectivity index (χ1) is 14.1. The molecule has 8 heteroatoms. The maximum absolute atomic E-state index is 12.5. The number of carbonyl (C=O) groups is 3. The Morgan fingerprint density at radius 1 is 1.10 bits per heavy atom. The second-order valence-corrected chi connectivity index (χ2v) is 6.92. The topological polar surface area (TPSA) is 97.0 Å². The predicted molar refractivity (Wildman–Crippen MR) is 106 cm³/mol. The Balaban J connectivity index is 1.30. The molecule has 0 spiro atoms. The van der Waals surface area contributed by atoms with Gasteiger partial charge in [0.15, 0.2) is 6.61 Å². The second-order valence-electron chi connectivity index (χ2n) is 6.92. The molecule has 2 aromatic rings. The van der Waals surface area contributed by atoms with Crippen molar-refractivity contribution in [3.05, 3.63) is 48.5 Å². The number of rotatable bonds is 3. The number of para-hydroxylation sites is 1. The predicted octanol–water partition coefficient (Wildman–Crippen LogP) is 2.03. The number of ether oxygens (including phenoxy) is 2. The summed E-state index contributed by atoms with van der Waals surface area (Å²) in [5, 5.41) is 5.27. The Morgan fingerprint density at radius 2 is 1.86 bits per heavy atom. The fourth-order valence-corrected chi connectivity index (χ4v) is 3.35. The number of nitrogens with one attached hydrogen (secondary N) is 2. The van der Waals surface area contributed by atoms with Crippen molar-refractivity contribution in [1.82, 2.24) is 4.90 Å². The van der Waals surface area contributed by atoms with E-state index < -0.39 is 11.8 Å². The highest BCUT2D eigenvalue weighted by atomic mass is 16.5. The first kappa shape index (κ1) is 18.8. The van der Waals surface area contributed by atoms with E-state index in [2.05, 4.69) is 10.6 Å². The zero-order chi connectivity index (χ0) is 20.2. The van der Waals surface area contributed by atoms with Gasteiger partial charge >= 0.3 is 11.8 Å². The Hall–Kier alpha value is -3.55. The van der Waals surface area contributed by atoms with Gasteiger partial charge in [-0.3, -0.25) is 14.4 Å². The van der Waals surface area contributed by atoms with Crippen molar-refractivity contribution in [1.29, 1.82) is 0 Å². The first-order valence-corrected chi connectivity index (χ1v) is 9.47. The maximum Gasteiger partial charge on any atom is 0.313 e. The van der Waals surface area contributed by atoms with Gasteiger partial charge in [-0.1, -0.05) is 18.2 Å². The molecule has 4 rings (SSSR count). The number of nitrogens with zero attached hydrogens (tertiary/aromatic N) is 1. The van der Waals surface area contributed by atoms with Crippen molar-refractivity contribution in [3.8, 4) is 11.5 Å². The van der Waals surface area contributed by atoms with Crippen LogP contribution in [0.2, 0.25) is 0 Å². The van der Waals surface area contributed by atoms with E-state index in [0.717, 1.165) is 5.75 Å². The van der Waals surface area contributed by atoms with E-state index in [1.54, 1.807) is 18.2 Å². The summed E-state index contributed by atoms with van der Waals surface area (Å²) in [4.78, 5) is 37.7. The molecule has 0 aromatic heterocycles. The van der Waals surface area contributed by atoms with Gasteiger partial charge in [0.1, 0.15) is 17.6 Å². The van der Waals surface area contributed by atoms with E-state index in [1.807, 2.05) is 30.3 Å². The van der Waals surface area contributed by atoms with Crippen molar-refractivity contribution in [2.24, 2.45) is 0 Å². The van der Waals surface area contributed by atoms with Crippen molar-refractivity contribution in [3.63, 3.8) is 0 Å². The molecule has 0 bridgehead atoms. The van der Waals surface area contributed by atoms with Gasteiger partial charge < -0.3 is 25.0 Å². The minimum Gasteiger partial charge on any atom is -0.490 e. The lowest BCUT2D eigenvalue weighted by Gasteiger charge is -2.31. The highest BCUT2D eigenvalue weighted by Gasteiger charge is 2.28. The average Bonchev–Trinajstić information content (AvgIpc) is 2.74. The largest absolute Gasteiger partial charge is 0.490 e. The summed E-state index contributed by atoms with van der Waals surface area (Å²) in [6.07, 6.45) is 1.36. The molecule has 1 fully saturated rings.